The molecule has 0 radical (unpaired) electrons. The number of nitrogen functional groups attached to an aromatic ring is 1. The predicted molar refractivity (Wildman–Crippen MR) is 113 cm³/mol. The molecule has 1 aliphatic heterocycles. The van der Waals surface area contributed by atoms with Crippen LogP contribution in [-0.4, -0.2) is 49.3 Å². The number of rotatable bonds is 6. The van der Waals surface area contributed by atoms with E-state index in [4.69, 9.17) is 15.2 Å². The molecule has 0 unspecified atom stereocenters. The number of anilines is 1. The van der Waals surface area contributed by atoms with E-state index in [1.165, 1.54) is 0 Å². The number of hydrogen-bond acceptors (Lipinski definition) is 6. The molecule has 4 rings (SSSR count). The van der Waals surface area contributed by atoms with Crippen LogP contribution < -0.4 is 10.5 Å². The Bertz CT molecular complexity index is 900. The van der Waals surface area contributed by atoms with Crippen LogP contribution in [-0.2, 0) is 17.6 Å². The minimum absolute atomic E-state index is 0.324. The van der Waals surface area contributed by atoms with Gasteiger partial charge in [0.15, 0.2) is 0 Å². The normalized spacial score (nSPS) is 16.8. The molecule has 0 bridgehead atoms. The maximum atomic E-state index is 9.78. The monoisotopic (exact) mass is 392 g/mol. The zero-order valence-corrected chi connectivity index (χ0v) is 16.8. The number of ether oxygens (including phenoxy) is 2. The van der Waals surface area contributed by atoms with Crippen LogP contribution >= 0.6 is 0 Å². The molecular weight excluding hydrogens is 364 g/mol. The molecule has 0 spiro atoms. The Morgan fingerprint density at radius 3 is 2.79 bits per heavy atom. The Morgan fingerprint density at radius 1 is 1.17 bits per heavy atom. The van der Waals surface area contributed by atoms with E-state index in [1.807, 2.05) is 24.3 Å². The minimum atomic E-state index is 0.324. The highest BCUT2D eigenvalue weighted by atomic mass is 16.5. The van der Waals surface area contributed by atoms with Crippen molar-refractivity contribution in [1.29, 1.82) is 5.26 Å². The molecule has 2 N–H and O–H groups in total. The maximum Gasteiger partial charge on any atom is 0.142 e. The Labute approximate surface area is 172 Å². The van der Waals surface area contributed by atoms with Gasteiger partial charge in [0.25, 0.3) is 0 Å². The van der Waals surface area contributed by atoms with Crippen LogP contribution in [0, 0.1) is 11.3 Å². The van der Waals surface area contributed by atoms with Crippen LogP contribution in [0.1, 0.15) is 36.1 Å². The summed E-state index contributed by atoms with van der Waals surface area (Å²) in [6.07, 6.45) is 5.03. The summed E-state index contributed by atoms with van der Waals surface area (Å²) in [5, 5.41) is 9.78. The molecule has 2 aromatic rings. The third-order valence-corrected chi connectivity index (χ3v) is 5.75. The average molecular weight is 393 g/mol. The summed E-state index contributed by atoms with van der Waals surface area (Å²) in [5.41, 5.74) is 10.7. The first-order valence-corrected chi connectivity index (χ1v) is 10.5. The molecule has 0 saturated carbocycles. The molecule has 2 aliphatic rings. The minimum Gasteiger partial charge on any atom is -0.493 e. The van der Waals surface area contributed by atoms with Gasteiger partial charge in [0.05, 0.1) is 19.8 Å². The van der Waals surface area contributed by atoms with Gasteiger partial charge in [-0.3, -0.25) is 4.90 Å². The van der Waals surface area contributed by atoms with E-state index in [1.54, 1.807) is 0 Å². The van der Waals surface area contributed by atoms with Crippen molar-refractivity contribution >= 4 is 5.82 Å². The van der Waals surface area contributed by atoms with Crippen LogP contribution in [0.3, 0.4) is 0 Å². The number of morpholine rings is 1. The molecule has 6 nitrogen and oxygen atoms in total. The number of aromatic nitrogens is 1. The molecular formula is C23H28N4O2. The van der Waals surface area contributed by atoms with Gasteiger partial charge < -0.3 is 15.2 Å². The zero-order valence-electron chi connectivity index (χ0n) is 16.8. The van der Waals surface area contributed by atoms with E-state index in [0.717, 1.165) is 93.1 Å². The number of nitriles is 1. The molecule has 1 fully saturated rings. The number of pyridine rings is 1. The Kier molecular flexibility index (Phi) is 6.28. The van der Waals surface area contributed by atoms with Crippen molar-refractivity contribution in [2.75, 3.05) is 45.2 Å². The standard InChI is InChI=1S/C23H28N4O2/c24-16-19-22(17-6-1-3-8-20(17)26-23(19)25)18-7-2-4-9-21(18)29-13-5-10-27-11-14-28-15-12-27/h2,4,7,9H,1,3,5-6,8,10-15H2,(H2,25,26). The number of hydrogen-bond donors (Lipinski definition) is 1. The van der Waals surface area contributed by atoms with E-state index >= 15 is 0 Å². The second-order valence-corrected chi connectivity index (χ2v) is 7.64. The van der Waals surface area contributed by atoms with Crippen molar-refractivity contribution in [3.63, 3.8) is 0 Å². The summed E-state index contributed by atoms with van der Waals surface area (Å²) >= 11 is 0. The van der Waals surface area contributed by atoms with E-state index < -0.39 is 0 Å². The molecule has 1 saturated heterocycles. The molecule has 152 valence electrons. The lowest BCUT2D eigenvalue weighted by molar-refractivity contribution is 0.0358. The van der Waals surface area contributed by atoms with E-state index in [-0.39, 0.29) is 0 Å². The number of aryl methyl sites for hydroxylation is 1. The molecule has 2 heterocycles. The number of nitrogens with zero attached hydrogens (tertiary/aromatic N) is 3. The number of benzene rings is 1. The molecule has 6 heteroatoms. The molecule has 0 amide bonds. The van der Waals surface area contributed by atoms with Crippen LogP contribution in [0.4, 0.5) is 5.82 Å². The van der Waals surface area contributed by atoms with Crippen molar-refractivity contribution in [2.24, 2.45) is 0 Å². The molecule has 0 atom stereocenters. The highest BCUT2D eigenvalue weighted by Crippen LogP contribution is 2.40. The molecule has 29 heavy (non-hydrogen) atoms. The van der Waals surface area contributed by atoms with Crippen molar-refractivity contribution in [3.8, 4) is 22.9 Å². The van der Waals surface area contributed by atoms with Gasteiger partial charge in [0.1, 0.15) is 23.2 Å². The lowest BCUT2D eigenvalue weighted by atomic mass is 9.86. The van der Waals surface area contributed by atoms with Gasteiger partial charge >= 0.3 is 0 Å². The SMILES string of the molecule is N#Cc1c(N)nc2c(c1-c1ccccc1OCCCN1CCOCC1)CCCC2. The third-order valence-electron chi connectivity index (χ3n) is 5.75. The van der Waals surface area contributed by atoms with E-state index in [2.05, 4.69) is 16.0 Å². The second kappa shape index (κ2) is 9.25. The summed E-state index contributed by atoms with van der Waals surface area (Å²) in [7, 11) is 0. The smallest absolute Gasteiger partial charge is 0.142 e. The van der Waals surface area contributed by atoms with Gasteiger partial charge in [-0.15, -0.1) is 0 Å². The fourth-order valence-corrected chi connectivity index (χ4v) is 4.27. The van der Waals surface area contributed by atoms with Gasteiger partial charge in [0, 0.05) is 36.5 Å². The summed E-state index contributed by atoms with van der Waals surface area (Å²) in [6, 6.07) is 10.3. The van der Waals surface area contributed by atoms with Crippen LogP contribution in [0.5, 0.6) is 5.75 Å². The van der Waals surface area contributed by atoms with Gasteiger partial charge in [-0.1, -0.05) is 18.2 Å². The van der Waals surface area contributed by atoms with E-state index in [9.17, 15) is 5.26 Å². The highest BCUT2D eigenvalue weighted by Gasteiger charge is 2.23. The Morgan fingerprint density at radius 2 is 1.97 bits per heavy atom. The summed E-state index contributed by atoms with van der Waals surface area (Å²) in [4.78, 5) is 6.94. The predicted octanol–water partition coefficient (Wildman–Crippen LogP) is 3.18. The van der Waals surface area contributed by atoms with Crippen molar-refractivity contribution in [2.45, 2.75) is 32.1 Å². The maximum absolute atomic E-state index is 9.78. The number of nitrogens with two attached hydrogens (primary N) is 1. The quantitative estimate of drug-likeness (QED) is 0.760. The van der Waals surface area contributed by atoms with E-state index in [0.29, 0.717) is 18.0 Å². The largest absolute Gasteiger partial charge is 0.493 e. The highest BCUT2D eigenvalue weighted by molar-refractivity contribution is 5.82. The summed E-state index contributed by atoms with van der Waals surface area (Å²) in [6.45, 7) is 5.26. The van der Waals surface area contributed by atoms with Crippen LogP contribution in [0.25, 0.3) is 11.1 Å². The molecule has 1 aliphatic carbocycles. The van der Waals surface area contributed by atoms with Crippen molar-refractivity contribution in [3.05, 3.63) is 41.1 Å². The topological polar surface area (TPSA) is 84.4 Å². The van der Waals surface area contributed by atoms with Gasteiger partial charge in [-0.05, 0) is 43.7 Å². The van der Waals surface area contributed by atoms with Crippen LogP contribution in [0.15, 0.2) is 24.3 Å². The lowest BCUT2D eigenvalue weighted by Gasteiger charge is -2.26. The van der Waals surface area contributed by atoms with Gasteiger partial charge in [0.2, 0.25) is 0 Å². The fourth-order valence-electron chi connectivity index (χ4n) is 4.27. The number of fused-ring (bicyclic) bond motifs is 1. The zero-order chi connectivity index (χ0) is 20.1. The van der Waals surface area contributed by atoms with Crippen LogP contribution in [0.2, 0.25) is 0 Å². The van der Waals surface area contributed by atoms with Gasteiger partial charge in [-0.25, -0.2) is 4.98 Å². The van der Waals surface area contributed by atoms with Crippen molar-refractivity contribution < 1.29 is 9.47 Å². The fraction of sp³-hybridized carbons (Fsp3) is 0.478. The molecule has 1 aromatic heterocycles. The summed E-state index contributed by atoms with van der Waals surface area (Å²) in [5.74, 6) is 1.13. The lowest BCUT2D eigenvalue weighted by Crippen LogP contribution is -2.37. The number of para-hydroxylation sites is 1. The average Bonchev–Trinajstić information content (AvgIpc) is 2.77. The van der Waals surface area contributed by atoms with Crippen molar-refractivity contribution in [1.82, 2.24) is 9.88 Å². The third kappa shape index (κ3) is 4.36. The summed E-state index contributed by atoms with van der Waals surface area (Å²) < 4.78 is 11.6. The first-order chi connectivity index (χ1) is 14.3. The first-order valence-electron chi connectivity index (χ1n) is 10.5. The second-order valence-electron chi connectivity index (χ2n) is 7.64. The molecule has 1 aromatic carbocycles. The Balaban J connectivity index is 1.57. The van der Waals surface area contributed by atoms with Gasteiger partial charge in [-0.2, -0.15) is 5.26 Å². The first kappa shape index (κ1) is 19.7. The Hall–Kier alpha value is -2.62.